The van der Waals surface area contributed by atoms with Gasteiger partial charge in [0.05, 0.1) is 30.3 Å². The molecule has 0 radical (unpaired) electrons. The first-order valence-corrected chi connectivity index (χ1v) is 14.1. The summed E-state index contributed by atoms with van der Waals surface area (Å²) in [5.74, 6) is -0.841. The summed E-state index contributed by atoms with van der Waals surface area (Å²) in [6, 6.07) is 11.6. The molecular formula is C33H40O8. The lowest BCUT2D eigenvalue weighted by Crippen LogP contribution is -2.26. The molecule has 0 amide bonds. The molecule has 0 saturated heterocycles. The van der Waals surface area contributed by atoms with E-state index in [-0.39, 0.29) is 41.1 Å². The predicted molar refractivity (Wildman–Crippen MR) is 156 cm³/mol. The maximum absolute atomic E-state index is 13.2. The third-order valence-electron chi connectivity index (χ3n) is 7.24. The maximum atomic E-state index is 13.2. The Kier molecular flexibility index (Phi) is 12.3. The third-order valence-corrected chi connectivity index (χ3v) is 7.24. The van der Waals surface area contributed by atoms with Crippen molar-refractivity contribution >= 4 is 17.9 Å². The van der Waals surface area contributed by atoms with E-state index in [2.05, 4.69) is 20.1 Å². The van der Waals surface area contributed by atoms with Gasteiger partial charge in [0.15, 0.2) is 11.5 Å². The van der Waals surface area contributed by atoms with Gasteiger partial charge in [-0.15, -0.1) is 0 Å². The molecule has 0 heterocycles. The van der Waals surface area contributed by atoms with Gasteiger partial charge in [0.1, 0.15) is 5.75 Å². The number of unbranched alkanes of at least 4 members (excludes halogenated alkanes) is 2. The van der Waals surface area contributed by atoms with Gasteiger partial charge in [0.25, 0.3) is 0 Å². The zero-order valence-corrected chi connectivity index (χ0v) is 24.0. The summed E-state index contributed by atoms with van der Waals surface area (Å²) in [6.07, 6.45) is 8.39. The van der Waals surface area contributed by atoms with E-state index in [4.69, 9.17) is 18.9 Å². The minimum atomic E-state index is -0.814. The number of carbonyl (C=O) groups is 3. The third kappa shape index (κ3) is 9.40. The Morgan fingerprint density at radius 3 is 2.12 bits per heavy atom. The summed E-state index contributed by atoms with van der Waals surface area (Å²) in [6.45, 7) is 8.86. The Hall–Kier alpha value is -3.75. The summed E-state index contributed by atoms with van der Waals surface area (Å²) in [7, 11) is 1.47. The van der Waals surface area contributed by atoms with Gasteiger partial charge in [-0.1, -0.05) is 64.0 Å². The molecule has 0 aromatic heterocycles. The van der Waals surface area contributed by atoms with E-state index in [9.17, 15) is 19.5 Å². The van der Waals surface area contributed by atoms with Gasteiger partial charge in [0, 0.05) is 7.11 Å². The number of aliphatic hydroxyl groups is 1. The van der Waals surface area contributed by atoms with Crippen molar-refractivity contribution in [2.24, 2.45) is 11.8 Å². The van der Waals surface area contributed by atoms with Crippen LogP contribution in [0, 0.1) is 11.8 Å². The van der Waals surface area contributed by atoms with Crippen molar-refractivity contribution in [3.63, 3.8) is 0 Å². The standard InChI is InChI=1S/C33H40O8/c1-5-6-7-8-24-9-11-26(12-10-24)33(37)41-30-19-27(15-18-29(30)40-31(35)22(2)20-34)25-13-16-28(17-14-25)39-32(36)23(3)21-38-4/h13-19,24,26,34H,2-3,5-12,20-21H2,1,4H3. The van der Waals surface area contributed by atoms with Crippen molar-refractivity contribution in [3.8, 4) is 28.4 Å². The lowest BCUT2D eigenvalue weighted by molar-refractivity contribution is -0.141. The number of aliphatic hydroxyl groups excluding tert-OH is 1. The average molecular weight is 565 g/mol. The molecule has 1 aliphatic carbocycles. The molecule has 0 unspecified atom stereocenters. The van der Waals surface area contributed by atoms with Gasteiger partial charge < -0.3 is 24.1 Å². The number of hydrogen-bond acceptors (Lipinski definition) is 8. The summed E-state index contributed by atoms with van der Waals surface area (Å²) >= 11 is 0. The summed E-state index contributed by atoms with van der Waals surface area (Å²) in [5, 5.41) is 9.26. The predicted octanol–water partition coefficient (Wildman–Crippen LogP) is 6.21. The Morgan fingerprint density at radius 1 is 0.829 bits per heavy atom. The van der Waals surface area contributed by atoms with Crippen LogP contribution >= 0.6 is 0 Å². The Labute approximate surface area is 242 Å². The molecule has 2 aromatic rings. The molecule has 1 aliphatic rings. The fourth-order valence-electron chi connectivity index (χ4n) is 4.78. The first-order valence-electron chi connectivity index (χ1n) is 14.1. The maximum Gasteiger partial charge on any atom is 0.341 e. The van der Waals surface area contributed by atoms with Crippen molar-refractivity contribution in [1.82, 2.24) is 0 Å². The van der Waals surface area contributed by atoms with Gasteiger partial charge >= 0.3 is 17.9 Å². The van der Waals surface area contributed by atoms with Crippen molar-refractivity contribution in [3.05, 3.63) is 66.8 Å². The van der Waals surface area contributed by atoms with Crippen LogP contribution in [0.3, 0.4) is 0 Å². The molecule has 8 heteroatoms. The summed E-state index contributed by atoms with van der Waals surface area (Å²) in [4.78, 5) is 37.6. The minimum absolute atomic E-state index is 0.0529. The van der Waals surface area contributed by atoms with Crippen LogP contribution in [0.1, 0.15) is 58.3 Å². The van der Waals surface area contributed by atoms with Crippen molar-refractivity contribution in [2.45, 2.75) is 58.3 Å². The van der Waals surface area contributed by atoms with Crippen molar-refractivity contribution in [2.75, 3.05) is 20.3 Å². The number of methoxy groups -OCH3 is 1. The number of carbonyl (C=O) groups excluding carboxylic acids is 3. The van der Waals surface area contributed by atoms with Gasteiger partial charge in [-0.05, 0) is 67.0 Å². The number of benzene rings is 2. The number of rotatable bonds is 14. The molecule has 1 saturated carbocycles. The van der Waals surface area contributed by atoms with Crippen molar-refractivity contribution < 1.29 is 38.4 Å². The second-order valence-electron chi connectivity index (χ2n) is 10.4. The smallest absolute Gasteiger partial charge is 0.341 e. The van der Waals surface area contributed by atoms with Crippen LogP contribution in [-0.4, -0.2) is 43.3 Å². The average Bonchev–Trinajstić information content (AvgIpc) is 2.98. The van der Waals surface area contributed by atoms with Gasteiger partial charge in [0.2, 0.25) is 0 Å². The zero-order chi connectivity index (χ0) is 29.8. The molecule has 0 spiro atoms. The normalized spacial score (nSPS) is 16.5. The van der Waals surface area contributed by atoms with E-state index in [1.54, 1.807) is 36.4 Å². The van der Waals surface area contributed by atoms with Crippen molar-refractivity contribution in [1.29, 1.82) is 0 Å². The van der Waals surface area contributed by atoms with E-state index in [0.717, 1.165) is 31.2 Å². The molecule has 1 N–H and O–H groups in total. The molecule has 0 atom stereocenters. The van der Waals surface area contributed by atoms with E-state index in [1.807, 2.05) is 0 Å². The second-order valence-corrected chi connectivity index (χ2v) is 10.4. The fraction of sp³-hybridized carbons (Fsp3) is 0.424. The van der Waals surface area contributed by atoms with Crippen LogP contribution in [0.25, 0.3) is 11.1 Å². The highest BCUT2D eigenvalue weighted by atomic mass is 16.6. The highest BCUT2D eigenvalue weighted by molar-refractivity contribution is 5.91. The van der Waals surface area contributed by atoms with Crippen LogP contribution in [0.4, 0.5) is 0 Å². The molecule has 41 heavy (non-hydrogen) atoms. The molecule has 8 nitrogen and oxygen atoms in total. The van der Waals surface area contributed by atoms with Crippen LogP contribution in [-0.2, 0) is 19.1 Å². The minimum Gasteiger partial charge on any atom is -0.423 e. The van der Waals surface area contributed by atoms with E-state index >= 15 is 0 Å². The Bertz CT molecular complexity index is 1220. The lowest BCUT2D eigenvalue weighted by Gasteiger charge is -2.27. The Balaban J connectivity index is 1.76. The first-order chi connectivity index (χ1) is 19.7. The number of ether oxygens (including phenoxy) is 4. The van der Waals surface area contributed by atoms with Gasteiger partial charge in [-0.2, -0.15) is 0 Å². The fourth-order valence-corrected chi connectivity index (χ4v) is 4.78. The number of esters is 3. The molecule has 1 fully saturated rings. The molecule has 0 aliphatic heterocycles. The summed E-state index contributed by atoms with van der Waals surface area (Å²) in [5.41, 5.74) is 1.52. The molecule has 2 aromatic carbocycles. The highest BCUT2D eigenvalue weighted by Crippen LogP contribution is 2.37. The van der Waals surface area contributed by atoms with Crippen LogP contribution in [0.2, 0.25) is 0 Å². The SMILES string of the molecule is C=C(COC)C(=O)Oc1ccc(-c2ccc(OC(=O)C(=C)CO)c(OC(=O)C3CCC(CCCCC)CC3)c2)cc1. The molecule has 220 valence electrons. The Morgan fingerprint density at radius 2 is 1.49 bits per heavy atom. The van der Waals surface area contributed by atoms with Crippen LogP contribution in [0.5, 0.6) is 17.2 Å². The van der Waals surface area contributed by atoms with Gasteiger partial charge in [-0.3, -0.25) is 4.79 Å². The van der Waals surface area contributed by atoms with Crippen LogP contribution in [0.15, 0.2) is 66.8 Å². The van der Waals surface area contributed by atoms with Crippen LogP contribution < -0.4 is 14.2 Å². The van der Waals surface area contributed by atoms with Gasteiger partial charge in [-0.25, -0.2) is 9.59 Å². The van der Waals surface area contributed by atoms with E-state index in [0.29, 0.717) is 17.2 Å². The number of hydrogen-bond donors (Lipinski definition) is 1. The molecular weight excluding hydrogens is 524 g/mol. The topological polar surface area (TPSA) is 108 Å². The monoisotopic (exact) mass is 564 g/mol. The molecule has 0 bridgehead atoms. The quantitative estimate of drug-likeness (QED) is 0.125. The zero-order valence-electron chi connectivity index (χ0n) is 24.0. The highest BCUT2D eigenvalue weighted by Gasteiger charge is 2.28. The lowest BCUT2D eigenvalue weighted by atomic mass is 9.80. The van der Waals surface area contributed by atoms with E-state index < -0.39 is 18.5 Å². The first kappa shape index (κ1) is 31.8. The molecule has 3 rings (SSSR count). The largest absolute Gasteiger partial charge is 0.423 e. The second kappa shape index (κ2) is 15.9. The van der Waals surface area contributed by atoms with E-state index in [1.165, 1.54) is 38.9 Å². The summed E-state index contributed by atoms with van der Waals surface area (Å²) < 4.78 is 21.5.